The third kappa shape index (κ3) is 3.97. The zero-order valence-corrected chi connectivity index (χ0v) is 15.9. The number of hydrogen-bond donors (Lipinski definition) is 1. The number of amides is 2. The van der Waals surface area contributed by atoms with Crippen LogP contribution in [0.5, 0.6) is 0 Å². The number of likely N-dealkylation sites (tertiary alicyclic amines) is 1. The normalized spacial score (nSPS) is 19.5. The first-order valence-electron chi connectivity index (χ1n) is 8.76. The van der Waals surface area contributed by atoms with E-state index in [1.165, 1.54) is 11.3 Å². The van der Waals surface area contributed by atoms with Crippen molar-refractivity contribution in [1.29, 1.82) is 0 Å². The van der Waals surface area contributed by atoms with Crippen molar-refractivity contribution in [2.45, 2.75) is 12.8 Å². The van der Waals surface area contributed by atoms with Crippen molar-refractivity contribution in [3.05, 3.63) is 57.8 Å². The highest BCUT2D eigenvalue weighted by Gasteiger charge is 2.41. The third-order valence-electron chi connectivity index (χ3n) is 4.87. The van der Waals surface area contributed by atoms with Gasteiger partial charge in [-0.25, -0.2) is 0 Å². The second-order valence-electron chi connectivity index (χ2n) is 6.54. The molecule has 1 fully saturated rings. The number of hydrogen-bond acceptors (Lipinski definition) is 4. The molecule has 0 aliphatic carbocycles. The first-order chi connectivity index (χ1) is 12.6. The van der Waals surface area contributed by atoms with E-state index < -0.39 is 0 Å². The Kier molecular flexibility index (Phi) is 6.06. The smallest absolute Gasteiger partial charge is 0.263 e. The van der Waals surface area contributed by atoms with Crippen molar-refractivity contribution < 1.29 is 14.3 Å². The predicted molar refractivity (Wildman–Crippen MR) is 103 cm³/mol. The second kappa shape index (κ2) is 8.47. The maximum atomic E-state index is 12.8. The number of thiophene rings is 1. The van der Waals surface area contributed by atoms with Gasteiger partial charge in [0.05, 0.1) is 17.4 Å². The fourth-order valence-corrected chi connectivity index (χ4v) is 4.21. The van der Waals surface area contributed by atoms with Crippen LogP contribution in [0.2, 0.25) is 0 Å². The molecule has 6 heteroatoms. The molecular weight excluding hydrogens is 348 g/mol. The van der Waals surface area contributed by atoms with Gasteiger partial charge in [0.25, 0.3) is 5.91 Å². The van der Waals surface area contributed by atoms with Crippen LogP contribution in [0.3, 0.4) is 0 Å². The lowest BCUT2D eigenvalue weighted by Crippen LogP contribution is -2.37. The summed E-state index contributed by atoms with van der Waals surface area (Å²) < 4.78 is 5.02. The molecule has 2 amide bonds. The monoisotopic (exact) mass is 372 g/mol. The minimum Gasteiger partial charge on any atom is -0.383 e. The number of benzene rings is 1. The number of nitrogens with zero attached hydrogens (tertiary/aromatic N) is 1. The van der Waals surface area contributed by atoms with E-state index in [2.05, 4.69) is 24.4 Å². The Labute approximate surface area is 158 Å². The summed E-state index contributed by atoms with van der Waals surface area (Å²) >= 11 is 1.44. The van der Waals surface area contributed by atoms with E-state index in [4.69, 9.17) is 4.74 Å². The Morgan fingerprint density at radius 1 is 1.23 bits per heavy atom. The predicted octanol–water partition coefficient (Wildman–Crippen LogP) is 2.67. The van der Waals surface area contributed by atoms with Crippen LogP contribution in [-0.2, 0) is 9.53 Å². The summed E-state index contributed by atoms with van der Waals surface area (Å²) in [5, 5.41) is 4.84. The van der Waals surface area contributed by atoms with Gasteiger partial charge in [-0.15, -0.1) is 11.3 Å². The van der Waals surface area contributed by atoms with Gasteiger partial charge in [-0.1, -0.05) is 30.3 Å². The van der Waals surface area contributed by atoms with Crippen LogP contribution in [0.15, 0.2) is 41.8 Å². The van der Waals surface area contributed by atoms with Gasteiger partial charge in [0.1, 0.15) is 0 Å². The van der Waals surface area contributed by atoms with E-state index in [9.17, 15) is 9.59 Å². The first-order valence-corrected chi connectivity index (χ1v) is 9.64. The van der Waals surface area contributed by atoms with E-state index in [1.54, 1.807) is 7.11 Å². The molecule has 3 rings (SSSR count). The van der Waals surface area contributed by atoms with Crippen LogP contribution in [-0.4, -0.2) is 50.1 Å². The number of ether oxygens (including phenoxy) is 1. The molecule has 0 radical (unpaired) electrons. The molecule has 1 aromatic heterocycles. The van der Waals surface area contributed by atoms with Crippen molar-refractivity contribution >= 4 is 23.2 Å². The Balaban J connectivity index is 1.82. The average molecular weight is 372 g/mol. The highest BCUT2D eigenvalue weighted by molar-refractivity contribution is 7.12. The molecular formula is C20H24N2O3S. The molecule has 1 aliphatic rings. The molecule has 0 spiro atoms. The van der Waals surface area contributed by atoms with E-state index in [1.807, 2.05) is 34.5 Å². The van der Waals surface area contributed by atoms with Crippen LogP contribution in [0.1, 0.15) is 26.7 Å². The molecule has 2 heterocycles. The van der Waals surface area contributed by atoms with E-state index in [0.29, 0.717) is 31.1 Å². The number of nitrogens with one attached hydrogen (secondary N) is 1. The summed E-state index contributed by atoms with van der Waals surface area (Å²) in [6.07, 6.45) is 0. The molecule has 0 saturated carbocycles. The molecule has 1 saturated heterocycles. The van der Waals surface area contributed by atoms with E-state index >= 15 is 0 Å². The van der Waals surface area contributed by atoms with Gasteiger partial charge in [0.15, 0.2) is 0 Å². The lowest BCUT2D eigenvalue weighted by Gasteiger charge is -2.19. The van der Waals surface area contributed by atoms with Crippen molar-refractivity contribution in [2.24, 2.45) is 5.92 Å². The summed E-state index contributed by atoms with van der Waals surface area (Å²) in [6.45, 7) is 4.01. The van der Waals surface area contributed by atoms with Gasteiger partial charge in [-0.2, -0.15) is 0 Å². The quantitative estimate of drug-likeness (QED) is 0.793. The molecule has 0 unspecified atom stereocenters. The van der Waals surface area contributed by atoms with Gasteiger partial charge in [-0.3, -0.25) is 9.59 Å². The zero-order chi connectivity index (χ0) is 18.5. The van der Waals surface area contributed by atoms with Crippen molar-refractivity contribution in [3.63, 3.8) is 0 Å². The summed E-state index contributed by atoms with van der Waals surface area (Å²) in [6, 6.07) is 11.8. The van der Waals surface area contributed by atoms with Gasteiger partial charge < -0.3 is 15.0 Å². The average Bonchev–Trinajstić information content (AvgIpc) is 3.32. The number of carbonyl (C=O) groups excluding carboxylic acids is 2. The Hall–Kier alpha value is -2.18. The number of aryl methyl sites for hydroxylation is 1. The maximum Gasteiger partial charge on any atom is 0.263 e. The lowest BCUT2D eigenvalue weighted by molar-refractivity contribution is -0.125. The van der Waals surface area contributed by atoms with Gasteiger partial charge >= 0.3 is 0 Å². The topological polar surface area (TPSA) is 58.6 Å². The SMILES string of the molecule is COCCNC(=O)[C@H]1CN(C(=O)c2cccs2)C[C@H]1c1ccccc1C. The first kappa shape index (κ1) is 18.6. The molecule has 0 bridgehead atoms. The number of methoxy groups -OCH3 is 1. The fourth-order valence-electron chi connectivity index (χ4n) is 3.52. The summed E-state index contributed by atoms with van der Waals surface area (Å²) in [5.41, 5.74) is 2.29. The zero-order valence-electron chi connectivity index (χ0n) is 15.1. The fraction of sp³-hybridized carbons (Fsp3) is 0.400. The number of rotatable bonds is 6. The van der Waals surface area contributed by atoms with Gasteiger partial charge in [0.2, 0.25) is 5.91 Å². The highest BCUT2D eigenvalue weighted by atomic mass is 32.1. The van der Waals surface area contributed by atoms with E-state index in [-0.39, 0.29) is 23.7 Å². The molecule has 1 aromatic carbocycles. The van der Waals surface area contributed by atoms with Crippen LogP contribution in [0.25, 0.3) is 0 Å². The van der Waals surface area contributed by atoms with Crippen molar-refractivity contribution in [1.82, 2.24) is 10.2 Å². The molecule has 5 nitrogen and oxygen atoms in total. The largest absolute Gasteiger partial charge is 0.383 e. The lowest BCUT2D eigenvalue weighted by atomic mass is 9.86. The molecule has 2 aromatic rings. The minimum atomic E-state index is -0.253. The standard InChI is InChI=1S/C20H24N2O3S/c1-14-6-3-4-7-15(14)16-12-22(20(24)18-8-5-11-26-18)13-17(16)19(23)21-9-10-25-2/h3-8,11,16-17H,9-10,12-13H2,1-2H3,(H,21,23)/t16-,17-/m0/s1. The van der Waals surface area contributed by atoms with Gasteiger partial charge in [0, 0.05) is 32.7 Å². The van der Waals surface area contributed by atoms with Gasteiger partial charge in [-0.05, 0) is 29.5 Å². The highest BCUT2D eigenvalue weighted by Crippen LogP contribution is 2.35. The second-order valence-corrected chi connectivity index (χ2v) is 7.49. The number of carbonyl (C=O) groups is 2. The van der Waals surface area contributed by atoms with Crippen molar-refractivity contribution in [3.8, 4) is 0 Å². The summed E-state index contributed by atoms with van der Waals surface area (Å²) in [5.74, 6) is -0.262. The summed E-state index contributed by atoms with van der Waals surface area (Å²) in [7, 11) is 1.61. The third-order valence-corrected chi connectivity index (χ3v) is 5.73. The summed E-state index contributed by atoms with van der Waals surface area (Å²) in [4.78, 5) is 28.1. The molecule has 1 aliphatic heterocycles. The van der Waals surface area contributed by atoms with Crippen molar-refractivity contribution in [2.75, 3.05) is 33.4 Å². The Bertz CT molecular complexity index is 760. The van der Waals surface area contributed by atoms with Crippen LogP contribution >= 0.6 is 11.3 Å². The molecule has 2 atom stereocenters. The molecule has 1 N–H and O–H groups in total. The molecule has 138 valence electrons. The van der Waals surface area contributed by atoms with Crippen LogP contribution < -0.4 is 5.32 Å². The maximum absolute atomic E-state index is 12.8. The minimum absolute atomic E-state index is 0.00246. The van der Waals surface area contributed by atoms with Crippen LogP contribution in [0, 0.1) is 12.8 Å². The Morgan fingerprint density at radius 3 is 2.73 bits per heavy atom. The Morgan fingerprint density at radius 2 is 2.04 bits per heavy atom. The van der Waals surface area contributed by atoms with Crippen LogP contribution in [0.4, 0.5) is 0 Å². The molecule has 26 heavy (non-hydrogen) atoms. The van der Waals surface area contributed by atoms with E-state index in [0.717, 1.165) is 11.1 Å².